The number of amides is 1. The molecular weight excluding hydrogens is 350 g/mol. The van der Waals surface area contributed by atoms with Crippen LogP contribution < -0.4 is 5.32 Å². The quantitative estimate of drug-likeness (QED) is 0.774. The average molecular weight is 370 g/mol. The fourth-order valence-electron chi connectivity index (χ4n) is 2.53. The van der Waals surface area contributed by atoms with E-state index in [1.807, 2.05) is 24.3 Å². The molecule has 0 radical (unpaired) electrons. The van der Waals surface area contributed by atoms with Gasteiger partial charge in [0, 0.05) is 24.1 Å². The number of hydrogen-bond donors (Lipinski definition) is 2. The summed E-state index contributed by atoms with van der Waals surface area (Å²) in [6.45, 7) is 1.49. The van der Waals surface area contributed by atoms with Gasteiger partial charge in [-0.3, -0.25) is 9.59 Å². The van der Waals surface area contributed by atoms with Gasteiger partial charge in [-0.1, -0.05) is 28.1 Å². The number of carbonyl (C=O) groups excluding carboxylic acids is 1. The summed E-state index contributed by atoms with van der Waals surface area (Å²) in [5.74, 6) is -0.602. The van der Waals surface area contributed by atoms with E-state index in [-0.39, 0.29) is 12.3 Å². The predicted molar refractivity (Wildman–Crippen MR) is 85.4 cm³/mol. The number of carbonyl (C=O) groups is 2. The van der Waals surface area contributed by atoms with Crippen molar-refractivity contribution >= 4 is 27.8 Å². The molecule has 22 heavy (non-hydrogen) atoms. The molecule has 6 heteroatoms. The summed E-state index contributed by atoms with van der Waals surface area (Å²) in [5, 5.41) is 11.9. The molecular formula is C16H20BrNO4. The molecule has 120 valence electrons. The second-order valence-corrected chi connectivity index (χ2v) is 6.45. The molecule has 0 saturated carbocycles. The molecule has 1 aliphatic heterocycles. The van der Waals surface area contributed by atoms with E-state index in [2.05, 4.69) is 21.2 Å². The Morgan fingerprint density at radius 1 is 1.36 bits per heavy atom. The molecule has 1 aliphatic rings. The molecule has 2 rings (SSSR count). The number of nitrogens with one attached hydrogen (secondary N) is 1. The Balaban J connectivity index is 1.91. The van der Waals surface area contributed by atoms with Crippen molar-refractivity contribution in [3.05, 3.63) is 34.3 Å². The highest BCUT2D eigenvalue weighted by molar-refractivity contribution is 9.10. The fraction of sp³-hybridized carbons (Fsp3) is 0.500. The maximum absolute atomic E-state index is 12.1. The zero-order valence-corrected chi connectivity index (χ0v) is 13.8. The smallest absolute Gasteiger partial charge is 0.305 e. The first-order valence-corrected chi connectivity index (χ1v) is 8.18. The van der Waals surface area contributed by atoms with E-state index in [4.69, 9.17) is 9.84 Å². The third kappa shape index (κ3) is 5.42. The largest absolute Gasteiger partial charge is 0.481 e. The molecule has 0 aliphatic carbocycles. The lowest BCUT2D eigenvalue weighted by Crippen LogP contribution is -2.30. The van der Waals surface area contributed by atoms with Gasteiger partial charge in [0.1, 0.15) is 0 Å². The minimum absolute atomic E-state index is 0.110. The summed E-state index contributed by atoms with van der Waals surface area (Å²) in [7, 11) is 0. The molecule has 0 bridgehead atoms. The minimum atomic E-state index is -0.933. The number of carboxylic acid groups (broad SMARTS) is 1. The predicted octanol–water partition coefficient (Wildman–Crippen LogP) is 2.90. The van der Waals surface area contributed by atoms with Crippen LogP contribution in [0.15, 0.2) is 28.7 Å². The zero-order chi connectivity index (χ0) is 15.9. The third-order valence-electron chi connectivity index (χ3n) is 3.79. The Kier molecular flexibility index (Phi) is 6.39. The summed E-state index contributed by atoms with van der Waals surface area (Å²) < 4.78 is 6.20. The SMILES string of the molecule is O=C(O)CC(NC(=O)CCC1CCOC1)c1ccc(Br)cc1. The first-order chi connectivity index (χ1) is 10.5. The van der Waals surface area contributed by atoms with E-state index in [9.17, 15) is 9.59 Å². The van der Waals surface area contributed by atoms with Gasteiger partial charge in [-0.2, -0.15) is 0 Å². The lowest BCUT2D eigenvalue weighted by Gasteiger charge is -2.18. The summed E-state index contributed by atoms with van der Waals surface area (Å²) in [6.07, 6.45) is 2.06. The number of ether oxygens (including phenoxy) is 1. The molecule has 1 amide bonds. The highest BCUT2D eigenvalue weighted by atomic mass is 79.9. The Hall–Kier alpha value is -1.40. The van der Waals surface area contributed by atoms with E-state index in [1.165, 1.54) is 0 Å². The molecule has 1 heterocycles. The molecule has 1 aromatic rings. The van der Waals surface area contributed by atoms with Crippen LogP contribution in [-0.4, -0.2) is 30.2 Å². The summed E-state index contributed by atoms with van der Waals surface area (Å²) >= 11 is 3.34. The van der Waals surface area contributed by atoms with E-state index >= 15 is 0 Å². The maximum Gasteiger partial charge on any atom is 0.305 e. The van der Waals surface area contributed by atoms with Gasteiger partial charge in [0.15, 0.2) is 0 Å². The van der Waals surface area contributed by atoms with Gasteiger partial charge in [0.25, 0.3) is 0 Å². The van der Waals surface area contributed by atoms with Gasteiger partial charge in [-0.05, 0) is 36.5 Å². The van der Waals surface area contributed by atoms with Crippen LogP contribution >= 0.6 is 15.9 Å². The second-order valence-electron chi connectivity index (χ2n) is 5.54. The van der Waals surface area contributed by atoms with Crippen LogP contribution in [0.3, 0.4) is 0 Å². The van der Waals surface area contributed by atoms with E-state index in [0.29, 0.717) is 12.3 Å². The van der Waals surface area contributed by atoms with Crippen molar-refractivity contribution in [1.29, 1.82) is 0 Å². The second kappa shape index (κ2) is 8.29. The van der Waals surface area contributed by atoms with Crippen molar-refractivity contribution in [3.63, 3.8) is 0 Å². The van der Waals surface area contributed by atoms with E-state index in [1.54, 1.807) is 0 Å². The topological polar surface area (TPSA) is 75.6 Å². The number of halogens is 1. The molecule has 2 N–H and O–H groups in total. The first kappa shape index (κ1) is 17.0. The third-order valence-corrected chi connectivity index (χ3v) is 4.32. The van der Waals surface area contributed by atoms with Crippen LogP contribution in [0.2, 0.25) is 0 Å². The highest BCUT2D eigenvalue weighted by Gasteiger charge is 2.20. The monoisotopic (exact) mass is 369 g/mol. The van der Waals surface area contributed by atoms with Crippen LogP contribution in [0.5, 0.6) is 0 Å². The molecule has 1 aromatic carbocycles. The molecule has 0 spiro atoms. The maximum atomic E-state index is 12.1. The molecule has 1 fully saturated rings. The Labute approximate surface area is 138 Å². The molecule has 2 unspecified atom stereocenters. The fourth-order valence-corrected chi connectivity index (χ4v) is 2.80. The molecule has 5 nitrogen and oxygen atoms in total. The zero-order valence-electron chi connectivity index (χ0n) is 12.3. The average Bonchev–Trinajstić information content (AvgIpc) is 2.98. The van der Waals surface area contributed by atoms with Crippen molar-refractivity contribution in [2.45, 2.75) is 31.7 Å². The number of hydrogen-bond acceptors (Lipinski definition) is 3. The number of carboxylic acids is 1. The normalized spacial score (nSPS) is 18.9. The highest BCUT2D eigenvalue weighted by Crippen LogP contribution is 2.21. The van der Waals surface area contributed by atoms with Gasteiger partial charge < -0.3 is 15.2 Å². The van der Waals surface area contributed by atoms with Crippen molar-refractivity contribution in [2.75, 3.05) is 13.2 Å². The van der Waals surface area contributed by atoms with Crippen LogP contribution in [0.4, 0.5) is 0 Å². The van der Waals surface area contributed by atoms with Crippen molar-refractivity contribution < 1.29 is 19.4 Å². The van der Waals surface area contributed by atoms with Crippen LogP contribution in [0.25, 0.3) is 0 Å². The van der Waals surface area contributed by atoms with Crippen LogP contribution in [0.1, 0.15) is 37.3 Å². The van der Waals surface area contributed by atoms with Crippen LogP contribution in [-0.2, 0) is 14.3 Å². The Morgan fingerprint density at radius 2 is 2.09 bits per heavy atom. The number of benzene rings is 1. The summed E-state index contributed by atoms with van der Waals surface area (Å²) in [6, 6.07) is 6.82. The summed E-state index contributed by atoms with van der Waals surface area (Å²) in [5.41, 5.74) is 0.795. The van der Waals surface area contributed by atoms with Gasteiger partial charge >= 0.3 is 5.97 Å². The van der Waals surface area contributed by atoms with Gasteiger partial charge in [-0.25, -0.2) is 0 Å². The van der Waals surface area contributed by atoms with Gasteiger partial charge in [0.05, 0.1) is 12.5 Å². The lowest BCUT2D eigenvalue weighted by molar-refractivity contribution is -0.137. The van der Waals surface area contributed by atoms with Crippen LogP contribution in [0, 0.1) is 5.92 Å². The molecule has 1 saturated heterocycles. The van der Waals surface area contributed by atoms with Crippen molar-refractivity contribution in [3.8, 4) is 0 Å². The standard InChI is InChI=1S/C16H20BrNO4/c17-13-4-2-12(3-5-13)14(9-16(20)21)18-15(19)6-1-11-7-8-22-10-11/h2-5,11,14H,1,6-10H2,(H,18,19)(H,20,21). The van der Waals surface area contributed by atoms with Crippen molar-refractivity contribution in [2.24, 2.45) is 5.92 Å². The van der Waals surface area contributed by atoms with Gasteiger partial charge in [-0.15, -0.1) is 0 Å². The first-order valence-electron chi connectivity index (χ1n) is 7.39. The lowest BCUT2D eigenvalue weighted by atomic mass is 10.0. The number of rotatable bonds is 7. The van der Waals surface area contributed by atoms with E-state index in [0.717, 1.165) is 36.1 Å². The van der Waals surface area contributed by atoms with Crippen molar-refractivity contribution in [1.82, 2.24) is 5.32 Å². The molecule has 0 aromatic heterocycles. The molecule has 2 atom stereocenters. The summed E-state index contributed by atoms with van der Waals surface area (Å²) in [4.78, 5) is 23.1. The van der Waals surface area contributed by atoms with E-state index < -0.39 is 12.0 Å². The minimum Gasteiger partial charge on any atom is -0.481 e. The Morgan fingerprint density at radius 3 is 2.68 bits per heavy atom. The van der Waals surface area contributed by atoms with Gasteiger partial charge in [0.2, 0.25) is 5.91 Å². The Bertz CT molecular complexity index is 511. The number of aliphatic carboxylic acids is 1.